The van der Waals surface area contributed by atoms with Crippen LogP contribution >= 0.6 is 0 Å². The quantitative estimate of drug-likeness (QED) is 0.547. The molecule has 0 saturated heterocycles. The Morgan fingerprint density at radius 3 is 2.41 bits per heavy atom. The summed E-state index contributed by atoms with van der Waals surface area (Å²) in [5.41, 5.74) is 1.14. The number of hydrogen-bond donors (Lipinski definition) is 2. The highest BCUT2D eigenvalue weighted by atomic mass is 32.2. The van der Waals surface area contributed by atoms with Crippen LogP contribution in [0.3, 0.4) is 0 Å². The van der Waals surface area contributed by atoms with Crippen molar-refractivity contribution in [2.45, 2.75) is 42.1 Å². The number of fused-ring (bicyclic) bond motifs is 1. The maximum absolute atomic E-state index is 12.7. The number of nitrogens with zero attached hydrogens (tertiary/aromatic N) is 1. The van der Waals surface area contributed by atoms with Crippen LogP contribution in [-0.4, -0.2) is 47.4 Å². The van der Waals surface area contributed by atoms with E-state index in [1.807, 2.05) is 0 Å². The maximum atomic E-state index is 12.7. The highest BCUT2D eigenvalue weighted by Crippen LogP contribution is 2.33. The molecule has 2 aromatic rings. The first-order valence-electron chi connectivity index (χ1n) is 9.62. The van der Waals surface area contributed by atoms with Gasteiger partial charge in [-0.2, -0.15) is 4.72 Å². The summed E-state index contributed by atoms with van der Waals surface area (Å²) in [6, 6.07) is 10.2. The topological polar surface area (TPSA) is 153 Å². The number of nitrogens with two attached hydrogens (primary N) is 1. The van der Waals surface area contributed by atoms with E-state index in [0.29, 0.717) is 17.7 Å². The Morgan fingerprint density at radius 1 is 1.12 bits per heavy atom. The third-order valence-corrected chi connectivity index (χ3v) is 7.41. The molecule has 12 heteroatoms. The zero-order valence-corrected chi connectivity index (χ0v) is 19.0. The number of anilines is 1. The molecular weight excluding hydrogens is 458 g/mol. The standard InChI is InChI=1S/C20H23N3O7S2/c1-13-10-15-11-17(31(21,26)27)8-9-18(15)23(13)19(24)12-30-20(25)14(2)22-32(28,29)16-6-4-3-5-7-16/h3-9,11,13-14,22H,10,12H2,1-2H3,(H2,21,26,27)/t13?,14-/m0/s1. The SMILES string of the molecule is CC1Cc2cc(S(N)(=O)=O)ccc2N1C(=O)COC(=O)[C@H](C)NS(=O)(=O)c1ccccc1. The number of benzene rings is 2. The minimum absolute atomic E-state index is 0.00270. The van der Waals surface area contributed by atoms with Gasteiger partial charge >= 0.3 is 5.97 Å². The molecule has 3 rings (SSSR count). The smallest absolute Gasteiger partial charge is 0.324 e. The van der Waals surface area contributed by atoms with Gasteiger partial charge in [-0.1, -0.05) is 18.2 Å². The molecule has 1 amide bonds. The van der Waals surface area contributed by atoms with E-state index in [1.165, 1.54) is 42.2 Å². The maximum Gasteiger partial charge on any atom is 0.324 e. The summed E-state index contributed by atoms with van der Waals surface area (Å²) in [5.74, 6) is -1.43. The van der Waals surface area contributed by atoms with Crippen molar-refractivity contribution in [3.63, 3.8) is 0 Å². The van der Waals surface area contributed by atoms with Crippen molar-refractivity contribution < 1.29 is 31.2 Å². The Morgan fingerprint density at radius 2 is 1.78 bits per heavy atom. The molecule has 0 radical (unpaired) electrons. The Balaban J connectivity index is 1.64. The van der Waals surface area contributed by atoms with Gasteiger partial charge in [0.15, 0.2) is 6.61 Å². The van der Waals surface area contributed by atoms with Crippen LogP contribution in [0.2, 0.25) is 0 Å². The minimum Gasteiger partial charge on any atom is -0.454 e. The number of nitrogens with one attached hydrogen (secondary N) is 1. The molecular formula is C20H23N3O7S2. The Hall–Kier alpha value is -2.80. The van der Waals surface area contributed by atoms with Crippen LogP contribution in [0, 0.1) is 0 Å². The van der Waals surface area contributed by atoms with Crippen molar-refractivity contribution in [3.05, 3.63) is 54.1 Å². The van der Waals surface area contributed by atoms with Crippen molar-refractivity contribution >= 4 is 37.6 Å². The molecule has 1 aliphatic heterocycles. The van der Waals surface area contributed by atoms with E-state index in [-0.39, 0.29) is 15.8 Å². The summed E-state index contributed by atoms with van der Waals surface area (Å²) < 4.78 is 55.0. The minimum atomic E-state index is -3.93. The summed E-state index contributed by atoms with van der Waals surface area (Å²) in [5, 5.41) is 5.16. The van der Waals surface area contributed by atoms with Gasteiger partial charge in [-0.3, -0.25) is 9.59 Å². The number of carbonyl (C=O) groups is 2. The van der Waals surface area contributed by atoms with Gasteiger partial charge in [-0.25, -0.2) is 22.0 Å². The first-order valence-corrected chi connectivity index (χ1v) is 12.6. The number of carbonyl (C=O) groups excluding carboxylic acids is 2. The van der Waals surface area contributed by atoms with E-state index in [0.717, 1.165) is 0 Å². The lowest BCUT2D eigenvalue weighted by molar-refractivity contribution is -0.149. The van der Waals surface area contributed by atoms with Crippen LogP contribution in [-0.2, 0) is 40.8 Å². The van der Waals surface area contributed by atoms with E-state index in [1.54, 1.807) is 25.1 Å². The van der Waals surface area contributed by atoms with Crippen LogP contribution in [0.25, 0.3) is 0 Å². The number of esters is 1. The molecule has 1 heterocycles. The Kier molecular flexibility index (Phi) is 6.69. The van der Waals surface area contributed by atoms with E-state index in [9.17, 15) is 26.4 Å². The van der Waals surface area contributed by atoms with Gasteiger partial charge in [0.25, 0.3) is 5.91 Å². The van der Waals surface area contributed by atoms with Crippen molar-refractivity contribution in [1.29, 1.82) is 0 Å². The molecule has 0 spiro atoms. The second kappa shape index (κ2) is 8.98. The van der Waals surface area contributed by atoms with Crippen LogP contribution in [0.15, 0.2) is 58.3 Å². The highest BCUT2D eigenvalue weighted by molar-refractivity contribution is 7.89. The number of ether oxygens (including phenoxy) is 1. The van der Waals surface area contributed by atoms with Crippen LogP contribution in [0.4, 0.5) is 5.69 Å². The largest absolute Gasteiger partial charge is 0.454 e. The van der Waals surface area contributed by atoms with E-state index in [4.69, 9.17) is 9.88 Å². The van der Waals surface area contributed by atoms with Crippen molar-refractivity contribution in [2.75, 3.05) is 11.5 Å². The first-order chi connectivity index (χ1) is 14.9. The molecule has 1 aliphatic rings. The van der Waals surface area contributed by atoms with Crippen LogP contribution in [0.1, 0.15) is 19.4 Å². The Bertz CT molecular complexity index is 1250. The van der Waals surface area contributed by atoms with Crippen molar-refractivity contribution in [1.82, 2.24) is 4.72 Å². The fourth-order valence-corrected chi connectivity index (χ4v) is 5.22. The third kappa shape index (κ3) is 5.15. The number of hydrogen-bond acceptors (Lipinski definition) is 7. The van der Waals surface area contributed by atoms with E-state index in [2.05, 4.69) is 4.72 Å². The highest BCUT2D eigenvalue weighted by Gasteiger charge is 2.33. The summed E-state index contributed by atoms with van der Waals surface area (Å²) >= 11 is 0. The molecule has 2 aromatic carbocycles. The molecule has 3 N–H and O–H groups in total. The van der Waals surface area contributed by atoms with Gasteiger partial charge < -0.3 is 9.64 Å². The van der Waals surface area contributed by atoms with Crippen LogP contribution in [0.5, 0.6) is 0 Å². The molecule has 0 aliphatic carbocycles. The van der Waals surface area contributed by atoms with Crippen molar-refractivity contribution in [2.24, 2.45) is 5.14 Å². The lowest BCUT2D eigenvalue weighted by Crippen LogP contribution is -2.42. The molecule has 0 bridgehead atoms. The molecule has 0 aromatic heterocycles. The predicted molar refractivity (Wildman–Crippen MR) is 116 cm³/mol. The van der Waals surface area contributed by atoms with Crippen LogP contribution < -0.4 is 14.8 Å². The molecule has 1 unspecified atom stereocenters. The average Bonchev–Trinajstić information content (AvgIpc) is 3.06. The normalized spacial score (nSPS) is 17.0. The summed E-state index contributed by atoms with van der Waals surface area (Å²) in [7, 11) is -7.80. The van der Waals surface area contributed by atoms with Gasteiger partial charge in [0.2, 0.25) is 20.0 Å². The molecule has 32 heavy (non-hydrogen) atoms. The summed E-state index contributed by atoms with van der Waals surface area (Å²) in [4.78, 5) is 26.3. The monoisotopic (exact) mass is 481 g/mol. The van der Waals surface area contributed by atoms with Gasteiger partial charge in [0.1, 0.15) is 6.04 Å². The van der Waals surface area contributed by atoms with E-state index >= 15 is 0 Å². The molecule has 0 fully saturated rings. The zero-order valence-electron chi connectivity index (χ0n) is 17.4. The number of primary sulfonamides is 1. The third-order valence-electron chi connectivity index (χ3n) is 4.94. The summed E-state index contributed by atoms with van der Waals surface area (Å²) in [6.07, 6.45) is 0.408. The van der Waals surface area contributed by atoms with Gasteiger partial charge in [0, 0.05) is 11.7 Å². The molecule has 0 saturated carbocycles. The van der Waals surface area contributed by atoms with E-state index < -0.39 is 44.6 Å². The predicted octanol–water partition coefficient (Wildman–Crippen LogP) is 0.522. The zero-order chi connectivity index (χ0) is 23.7. The number of amides is 1. The Labute approximate surface area is 186 Å². The first kappa shape index (κ1) is 23.9. The molecule has 172 valence electrons. The molecule has 10 nitrogen and oxygen atoms in total. The van der Waals surface area contributed by atoms with Crippen molar-refractivity contribution in [3.8, 4) is 0 Å². The average molecular weight is 482 g/mol. The van der Waals surface area contributed by atoms with Gasteiger partial charge in [-0.05, 0) is 56.2 Å². The lowest BCUT2D eigenvalue weighted by Gasteiger charge is -2.23. The summed E-state index contributed by atoms with van der Waals surface area (Å²) in [6.45, 7) is 2.49. The van der Waals surface area contributed by atoms with Gasteiger partial charge in [-0.15, -0.1) is 0 Å². The number of sulfonamides is 2. The fraction of sp³-hybridized carbons (Fsp3) is 0.300. The fourth-order valence-electron chi connectivity index (χ4n) is 3.44. The second-order valence-corrected chi connectivity index (χ2v) is 10.7. The molecule has 2 atom stereocenters. The number of rotatable bonds is 7. The lowest BCUT2D eigenvalue weighted by atomic mass is 10.1. The van der Waals surface area contributed by atoms with Gasteiger partial charge in [0.05, 0.1) is 9.79 Å². The second-order valence-electron chi connectivity index (χ2n) is 7.42.